The Morgan fingerprint density at radius 2 is 2.18 bits per heavy atom. The summed E-state index contributed by atoms with van der Waals surface area (Å²) in [4.78, 5) is 24.6. The zero-order chi connectivity index (χ0) is 12.6. The van der Waals surface area contributed by atoms with Crippen molar-refractivity contribution >= 4 is 17.6 Å². The van der Waals surface area contributed by atoms with E-state index in [9.17, 15) is 9.59 Å². The van der Waals surface area contributed by atoms with E-state index >= 15 is 0 Å². The predicted octanol–water partition coefficient (Wildman–Crippen LogP) is 1.22. The van der Waals surface area contributed by atoms with E-state index in [1.807, 2.05) is 0 Å². The Morgan fingerprint density at radius 1 is 1.47 bits per heavy atom. The van der Waals surface area contributed by atoms with Crippen molar-refractivity contribution in [1.82, 2.24) is 0 Å². The van der Waals surface area contributed by atoms with Crippen LogP contribution < -0.4 is 9.64 Å². The first-order valence-corrected chi connectivity index (χ1v) is 5.21. The molecule has 1 amide bonds. The molecule has 0 saturated heterocycles. The number of ether oxygens (including phenoxy) is 2. The fourth-order valence-corrected chi connectivity index (χ4v) is 1.76. The Morgan fingerprint density at radius 3 is 2.82 bits per heavy atom. The third-order valence-electron chi connectivity index (χ3n) is 2.72. The topological polar surface area (TPSA) is 55.8 Å². The van der Waals surface area contributed by atoms with E-state index in [-0.39, 0.29) is 5.91 Å². The molecule has 5 heteroatoms. The van der Waals surface area contributed by atoms with E-state index in [0.717, 1.165) is 0 Å². The molecular weight excluding hydrogens is 222 g/mol. The quantitative estimate of drug-likeness (QED) is 0.687. The molecule has 1 aliphatic rings. The lowest BCUT2D eigenvalue weighted by Crippen LogP contribution is -2.42. The zero-order valence-corrected chi connectivity index (χ0v) is 9.89. The molecule has 1 atom stereocenters. The van der Waals surface area contributed by atoms with Gasteiger partial charge in [0.25, 0.3) is 5.91 Å². The standard InChI is InChI=1S/C12H13NO4/c1-7-11(14)13(2)9-5-4-8(12(15)16-3)6-10(9)17-7/h4-7H,1-3H3. The van der Waals surface area contributed by atoms with E-state index in [0.29, 0.717) is 17.0 Å². The van der Waals surface area contributed by atoms with Gasteiger partial charge in [-0.05, 0) is 25.1 Å². The average Bonchev–Trinajstić information content (AvgIpc) is 2.34. The molecule has 0 aromatic heterocycles. The summed E-state index contributed by atoms with van der Waals surface area (Å²) in [5.74, 6) is -0.0191. The molecule has 0 bridgehead atoms. The first-order chi connectivity index (χ1) is 8.04. The lowest BCUT2D eigenvalue weighted by Gasteiger charge is -2.30. The predicted molar refractivity (Wildman–Crippen MR) is 61.3 cm³/mol. The molecule has 0 fully saturated rings. The van der Waals surface area contributed by atoms with Crippen molar-refractivity contribution in [2.24, 2.45) is 0 Å². The van der Waals surface area contributed by atoms with Crippen LogP contribution >= 0.6 is 0 Å². The fourth-order valence-electron chi connectivity index (χ4n) is 1.76. The Kier molecular flexibility index (Phi) is 2.75. The van der Waals surface area contributed by atoms with Gasteiger partial charge < -0.3 is 14.4 Å². The lowest BCUT2D eigenvalue weighted by atomic mass is 10.1. The summed E-state index contributed by atoms with van der Waals surface area (Å²) in [7, 11) is 3.00. The summed E-state index contributed by atoms with van der Waals surface area (Å²) >= 11 is 0. The molecule has 0 aliphatic carbocycles. The van der Waals surface area contributed by atoms with Gasteiger partial charge in [0.05, 0.1) is 18.4 Å². The molecule has 2 rings (SSSR count). The number of likely N-dealkylation sites (N-methyl/N-ethyl adjacent to an activating group) is 1. The van der Waals surface area contributed by atoms with Gasteiger partial charge in [0.1, 0.15) is 5.75 Å². The molecule has 90 valence electrons. The third-order valence-corrected chi connectivity index (χ3v) is 2.72. The second-order valence-corrected chi connectivity index (χ2v) is 3.83. The van der Waals surface area contributed by atoms with Gasteiger partial charge in [-0.15, -0.1) is 0 Å². The van der Waals surface area contributed by atoms with Gasteiger partial charge >= 0.3 is 5.97 Å². The molecule has 0 spiro atoms. The number of anilines is 1. The Balaban J connectivity index is 2.44. The van der Waals surface area contributed by atoms with Crippen LogP contribution in [0.3, 0.4) is 0 Å². The molecule has 1 aliphatic heterocycles. The van der Waals surface area contributed by atoms with Crippen LogP contribution in [-0.2, 0) is 9.53 Å². The largest absolute Gasteiger partial charge is 0.479 e. The Labute approximate surface area is 98.9 Å². The van der Waals surface area contributed by atoms with Crippen molar-refractivity contribution in [3.8, 4) is 5.75 Å². The molecular formula is C12H13NO4. The summed E-state index contributed by atoms with van der Waals surface area (Å²) in [5.41, 5.74) is 1.06. The van der Waals surface area contributed by atoms with Crippen LogP contribution in [0.5, 0.6) is 5.75 Å². The number of esters is 1. The summed E-state index contributed by atoms with van der Waals surface area (Å²) < 4.78 is 10.1. The summed E-state index contributed by atoms with van der Waals surface area (Å²) in [6, 6.07) is 4.86. The first-order valence-electron chi connectivity index (χ1n) is 5.21. The molecule has 0 saturated carbocycles. The van der Waals surface area contributed by atoms with E-state index in [1.54, 1.807) is 32.2 Å². The van der Waals surface area contributed by atoms with Crippen LogP contribution in [-0.4, -0.2) is 32.1 Å². The average molecular weight is 235 g/mol. The van der Waals surface area contributed by atoms with Crippen LogP contribution in [0.15, 0.2) is 18.2 Å². The molecule has 0 N–H and O–H groups in total. The number of carbonyl (C=O) groups excluding carboxylic acids is 2. The fraction of sp³-hybridized carbons (Fsp3) is 0.333. The molecule has 5 nitrogen and oxygen atoms in total. The number of rotatable bonds is 1. The van der Waals surface area contributed by atoms with Crippen molar-refractivity contribution in [3.63, 3.8) is 0 Å². The highest BCUT2D eigenvalue weighted by molar-refractivity contribution is 6.00. The first kappa shape index (κ1) is 11.4. The third kappa shape index (κ3) is 1.84. The van der Waals surface area contributed by atoms with Gasteiger partial charge in [0.15, 0.2) is 6.10 Å². The number of benzene rings is 1. The van der Waals surface area contributed by atoms with Crippen molar-refractivity contribution in [1.29, 1.82) is 0 Å². The minimum Gasteiger partial charge on any atom is -0.479 e. The molecule has 0 radical (unpaired) electrons. The maximum absolute atomic E-state index is 11.7. The second kappa shape index (κ2) is 4.08. The Hall–Kier alpha value is -2.04. The van der Waals surface area contributed by atoms with Gasteiger partial charge in [0, 0.05) is 7.05 Å². The number of nitrogens with zero attached hydrogens (tertiary/aromatic N) is 1. The summed E-state index contributed by atoms with van der Waals surface area (Å²) in [6.45, 7) is 1.67. The summed E-state index contributed by atoms with van der Waals surface area (Å²) in [5, 5.41) is 0. The number of fused-ring (bicyclic) bond motifs is 1. The van der Waals surface area contributed by atoms with E-state index in [2.05, 4.69) is 4.74 Å². The van der Waals surface area contributed by atoms with Gasteiger partial charge in [-0.1, -0.05) is 0 Å². The van der Waals surface area contributed by atoms with Crippen molar-refractivity contribution in [3.05, 3.63) is 23.8 Å². The smallest absolute Gasteiger partial charge is 0.337 e. The van der Waals surface area contributed by atoms with E-state index in [4.69, 9.17) is 4.74 Å². The van der Waals surface area contributed by atoms with Crippen LogP contribution in [0, 0.1) is 0 Å². The van der Waals surface area contributed by atoms with Crippen LogP contribution in [0.4, 0.5) is 5.69 Å². The van der Waals surface area contributed by atoms with Gasteiger partial charge in [-0.3, -0.25) is 4.79 Å². The normalized spacial score (nSPS) is 18.4. The number of hydrogen-bond acceptors (Lipinski definition) is 4. The molecule has 1 aromatic carbocycles. The molecule has 1 unspecified atom stereocenters. The van der Waals surface area contributed by atoms with Gasteiger partial charge in [0.2, 0.25) is 0 Å². The molecule has 1 heterocycles. The summed E-state index contributed by atoms with van der Waals surface area (Å²) in [6.07, 6.45) is -0.541. The Bertz CT molecular complexity index is 483. The SMILES string of the molecule is COC(=O)c1ccc2c(c1)OC(C)C(=O)N2C. The van der Waals surface area contributed by atoms with Crippen molar-refractivity contribution in [2.45, 2.75) is 13.0 Å². The zero-order valence-electron chi connectivity index (χ0n) is 9.89. The van der Waals surface area contributed by atoms with Crippen LogP contribution in [0.25, 0.3) is 0 Å². The number of methoxy groups -OCH3 is 1. The second-order valence-electron chi connectivity index (χ2n) is 3.83. The minimum atomic E-state index is -0.541. The monoisotopic (exact) mass is 235 g/mol. The molecule has 17 heavy (non-hydrogen) atoms. The van der Waals surface area contributed by atoms with Crippen LogP contribution in [0.2, 0.25) is 0 Å². The van der Waals surface area contributed by atoms with Crippen molar-refractivity contribution < 1.29 is 19.1 Å². The van der Waals surface area contributed by atoms with Gasteiger partial charge in [-0.2, -0.15) is 0 Å². The number of amides is 1. The maximum Gasteiger partial charge on any atom is 0.337 e. The van der Waals surface area contributed by atoms with Crippen LogP contribution in [0.1, 0.15) is 17.3 Å². The number of hydrogen-bond donors (Lipinski definition) is 0. The molecule has 1 aromatic rings. The highest BCUT2D eigenvalue weighted by Gasteiger charge is 2.29. The van der Waals surface area contributed by atoms with E-state index < -0.39 is 12.1 Å². The minimum absolute atomic E-state index is 0.108. The lowest BCUT2D eigenvalue weighted by molar-refractivity contribution is -0.125. The highest BCUT2D eigenvalue weighted by Crippen LogP contribution is 2.33. The van der Waals surface area contributed by atoms with Gasteiger partial charge in [-0.25, -0.2) is 4.79 Å². The maximum atomic E-state index is 11.7. The number of carbonyl (C=O) groups is 2. The van der Waals surface area contributed by atoms with Crippen molar-refractivity contribution in [2.75, 3.05) is 19.1 Å². The van der Waals surface area contributed by atoms with E-state index in [1.165, 1.54) is 12.0 Å². The highest BCUT2D eigenvalue weighted by atomic mass is 16.5.